The van der Waals surface area contributed by atoms with Crippen LogP contribution in [0, 0.1) is 0 Å². The van der Waals surface area contributed by atoms with Gasteiger partial charge in [0.15, 0.2) is 0 Å². The first kappa shape index (κ1) is 25.8. The van der Waals surface area contributed by atoms with Crippen molar-refractivity contribution in [3.63, 3.8) is 0 Å². The monoisotopic (exact) mass is 532 g/mol. The topological polar surface area (TPSA) is 18.5 Å². The Morgan fingerprint density at radius 3 is 1.54 bits per heavy atom. The standard InChI is InChI=1S/C38H33BO2/c1-37(2)38(3,4)41-39(40-37)36-15-8-7-14-35(36)34-21-20-32-24-31(18-19-33(32)25-34)29-13-9-12-28(23-29)30-17-16-26-10-5-6-11-27(26)22-30/h5-25H,1-4H3. The van der Waals surface area contributed by atoms with Gasteiger partial charge < -0.3 is 9.31 Å². The zero-order chi connectivity index (χ0) is 28.2. The molecule has 1 saturated heterocycles. The predicted molar refractivity (Wildman–Crippen MR) is 173 cm³/mol. The quantitative estimate of drug-likeness (QED) is 0.211. The van der Waals surface area contributed by atoms with E-state index in [1.54, 1.807) is 0 Å². The molecule has 1 heterocycles. The van der Waals surface area contributed by atoms with Crippen molar-refractivity contribution in [1.82, 2.24) is 0 Å². The van der Waals surface area contributed by atoms with Gasteiger partial charge in [-0.2, -0.15) is 0 Å². The molecule has 200 valence electrons. The van der Waals surface area contributed by atoms with Gasteiger partial charge in [0, 0.05) is 0 Å². The van der Waals surface area contributed by atoms with E-state index in [4.69, 9.17) is 9.31 Å². The zero-order valence-corrected chi connectivity index (χ0v) is 24.0. The molecular weight excluding hydrogens is 499 g/mol. The predicted octanol–water partition coefficient (Wildman–Crippen LogP) is 9.29. The maximum atomic E-state index is 6.40. The molecule has 0 spiro atoms. The minimum Gasteiger partial charge on any atom is -0.399 e. The summed E-state index contributed by atoms with van der Waals surface area (Å²) < 4.78 is 12.8. The second-order valence-electron chi connectivity index (χ2n) is 12.1. The Morgan fingerprint density at radius 1 is 0.415 bits per heavy atom. The van der Waals surface area contributed by atoms with Crippen molar-refractivity contribution in [2.24, 2.45) is 0 Å². The maximum Gasteiger partial charge on any atom is 0.495 e. The second-order valence-corrected chi connectivity index (χ2v) is 12.1. The van der Waals surface area contributed by atoms with Crippen molar-refractivity contribution in [3.8, 4) is 33.4 Å². The van der Waals surface area contributed by atoms with E-state index < -0.39 is 7.12 Å². The van der Waals surface area contributed by atoms with Crippen LogP contribution in [0.3, 0.4) is 0 Å². The number of hydrogen-bond acceptors (Lipinski definition) is 2. The van der Waals surface area contributed by atoms with Crippen LogP contribution in [0.25, 0.3) is 54.9 Å². The van der Waals surface area contributed by atoms with Gasteiger partial charge in [-0.15, -0.1) is 0 Å². The highest BCUT2D eigenvalue weighted by Gasteiger charge is 2.52. The summed E-state index contributed by atoms with van der Waals surface area (Å²) >= 11 is 0. The van der Waals surface area contributed by atoms with Crippen molar-refractivity contribution in [2.75, 3.05) is 0 Å². The van der Waals surface area contributed by atoms with Gasteiger partial charge in [0.2, 0.25) is 0 Å². The average Bonchev–Trinajstić information content (AvgIpc) is 3.22. The van der Waals surface area contributed by atoms with Crippen LogP contribution in [0.5, 0.6) is 0 Å². The van der Waals surface area contributed by atoms with Gasteiger partial charge in [0.25, 0.3) is 0 Å². The molecule has 0 atom stereocenters. The van der Waals surface area contributed by atoms with Crippen molar-refractivity contribution < 1.29 is 9.31 Å². The van der Waals surface area contributed by atoms with E-state index in [1.165, 1.54) is 43.8 Å². The maximum absolute atomic E-state index is 6.40. The lowest BCUT2D eigenvalue weighted by Gasteiger charge is -2.32. The van der Waals surface area contributed by atoms with Gasteiger partial charge >= 0.3 is 7.12 Å². The van der Waals surface area contributed by atoms with Crippen LogP contribution in [0.15, 0.2) is 127 Å². The molecule has 2 nitrogen and oxygen atoms in total. The summed E-state index contributed by atoms with van der Waals surface area (Å²) in [5.41, 5.74) is 7.49. The minimum atomic E-state index is -0.399. The number of rotatable bonds is 4. The van der Waals surface area contributed by atoms with Crippen LogP contribution in [0.4, 0.5) is 0 Å². The Balaban J connectivity index is 1.21. The van der Waals surface area contributed by atoms with E-state index in [0.29, 0.717) is 0 Å². The molecule has 6 aromatic carbocycles. The highest BCUT2D eigenvalue weighted by atomic mass is 16.7. The van der Waals surface area contributed by atoms with Crippen LogP contribution in [0.1, 0.15) is 27.7 Å². The molecule has 1 aliphatic heterocycles. The average molecular weight is 532 g/mol. The molecule has 0 saturated carbocycles. The first-order valence-corrected chi connectivity index (χ1v) is 14.4. The largest absolute Gasteiger partial charge is 0.495 e. The molecule has 6 aromatic rings. The van der Waals surface area contributed by atoms with E-state index in [0.717, 1.165) is 16.6 Å². The first-order chi connectivity index (χ1) is 19.8. The summed E-state index contributed by atoms with van der Waals surface area (Å²) in [6.07, 6.45) is 0. The van der Waals surface area contributed by atoms with E-state index in [9.17, 15) is 0 Å². The summed E-state index contributed by atoms with van der Waals surface area (Å²) in [5, 5.41) is 4.95. The highest BCUT2D eigenvalue weighted by Crippen LogP contribution is 2.38. The van der Waals surface area contributed by atoms with E-state index in [2.05, 4.69) is 155 Å². The summed E-state index contributed by atoms with van der Waals surface area (Å²) in [6.45, 7) is 8.39. The van der Waals surface area contributed by atoms with E-state index in [1.807, 2.05) is 0 Å². The lowest BCUT2D eigenvalue weighted by Crippen LogP contribution is -2.41. The smallest absolute Gasteiger partial charge is 0.399 e. The van der Waals surface area contributed by atoms with Crippen LogP contribution < -0.4 is 5.46 Å². The molecule has 0 aliphatic carbocycles. The second kappa shape index (κ2) is 9.73. The number of fused-ring (bicyclic) bond motifs is 2. The van der Waals surface area contributed by atoms with Crippen molar-refractivity contribution in [2.45, 2.75) is 38.9 Å². The molecular formula is C38H33BO2. The van der Waals surface area contributed by atoms with E-state index in [-0.39, 0.29) is 11.2 Å². The molecule has 0 bridgehead atoms. The molecule has 0 unspecified atom stereocenters. The Bertz CT molecular complexity index is 1900. The molecule has 3 heteroatoms. The van der Waals surface area contributed by atoms with Crippen LogP contribution in [-0.4, -0.2) is 18.3 Å². The third-order valence-corrected chi connectivity index (χ3v) is 8.90. The van der Waals surface area contributed by atoms with Gasteiger partial charge in [-0.3, -0.25) is 0 Å². The van der Waals surface area contributed by atoms with Gasteiger partial charge in [0.1, 0.15) is 0 Å². The van der Waals surface area contributed by atoms with Crippen LogP contribution >= 0.6 is 0 Å². The van der Waals surface area contributed by atoms with E-state index >= 15 is 0 Å². The number of benzene rings is 6. The summed E-state index contributed by atoms with van der Waals surface area (Å²) in [6, 6.07) is 45.9. The number of hydrogen-bond donors (Lipinski definition) is 0. The Morgan fingerprint density at radius 2 is 0.878 bits per heavy atom. The summed E-state index contributed by atoms with van der Waals surface area (Å²) in [4.78, 5) is 0. The third-order valence-electron chi connectivity index (χ3n) is 8.90. The van der Waals surface area contributed by atoms with Gasteiger partial charge in [0.05, 0.1) is 11.2 Å². The zero-order valence-electron chi connectivity index (χ0n) is 24.0. The fourth-order valence-corrected chi connectivity index (χ4v) is 5.78. The molecule has 1 aliphatic rings. The Labute approximate surface area is 242 Å². The first-order valence-electron chi connectivity index (χ1n) is 14.4. The molecule has 0 amide bonds. The molecule has 41 heavy (non-hydrogen) atoms. The lowest BCUT2D eigenvalue weighted by atomic mass is 9.74. The van der Waals surface area contributed by atoms with Gasteiger partial charge in [-0.25, -0.2) is 0 Å². The lowest BCUT2D eigenvalue weighted by molar-refractivity contribution is 0.00578. The summed E-state index contributed by atoms with van der Waals surface area (Å²) in [7, 11) is -0.399. The Hall–Kier alpha value is -4.18. The fraction of sp³-hybridized carbons (Fsp3) is 0.158. The van der Waals surface area contributed by atoms with Crippen LogP contribution in [-0.2, 0) is 9.31 Å². The molecule has 1 fully saturated rings. The highest BCUT2D eigenvalue weighted by molar-refractivity contribution is 6.63. The minimum absolute atomic E-state index is 0.379. The van der Waals surface area contributed by atoms with Crippen molar-refractivity contribution in [1.29, 1.82) is 0 Å². The fourth-order valence-electron chi connectivity index (χ4n) is 5.78. The summed E-state index contributed by atoms with van der Waals surface area (Å²) in [5.74, 6) is 0. The van der Waals surface area contributed by atoms with Gasteiger partial charge in [-0.05, 0) is 112 Å². The molecule has 0 radical (unpaired) electrons. The van der Waals surface area contributed by atoms with Crippen molar-refractivity contribution >= 4 is 34.1 Å². The van der Waals surface area contributed by atoms with Crippen LogP contribution in [0.2, 0.25) is 0 Å². The Kier molecular flexibility index (Phi) is 6.12. The third kappa shape index (κ3) is 4.66. The normalized spacial score (nSPS) is 16.0. The molecule has 0 N–H and O–H groups in total. The van der Waals surface area contributed by atoms with Gasteiger partial charge in [-0.1, -0.05) is 103 Å². The SMILES string of the molecule is CC1(C)OB(c2ccccc2-c2ccc3cc(-c4cccc(-c5ccc6ccccc6c5)c4)ccc3c2)OC1(C)C. The van der Waals surface area contributed by atoms with Crippen molar-refractivity contribution in [3.05, 3.63) is 127 Å². The molecule has 0 aromatic heterocycles. The molecule has 7 rings (SSSR count).